The summed E-state index contributed by atoms with van der Waals surface area (Å²) in [6.07, 6.45) is 0. The maximum absolute atomic E-state index is 13.2. The molecule has 24 heavy (non-hydrogen) atoms. The maximum atomic E-state index is 13.2. The monoisotopic (exact) mass is 333 g/mol. The third-order valence-corrected chi connectivity index (χ3v) is 2.99. The summed E-state index contributed by atoms with van der Waals surface area (Å²) in [5, 5.41) is 2.63. The van der Waals surface area contributed by atoms with E-state index < -0.39 is 5.82 Å². The number of benzene rings is 2. The topological polar surface area (TPSA) is 56.8 Å². The fourth-order valence-corrected chi connectivity index (χ4v) is 1.96. The molecule has 2 aromatic carbocycles. The molecular weight excluding hydrogens is 313 g/mol. The number of carbonyl (C=O) groups is 1. The number of rotatable bonds is 9. The lowest BCUT2D eigenvalue weighted by Gasteiger charge is -2.12. The molecule has 0 atom stereocenters. The first-order valence-electron chi connectivity index (χ1n) is 7.67. The molecular formula is C18H20FNO4. The van der Waals surface area contributed by atoms with Crippen molar-refractivity contribution in [2.75, 3.05) is 31.7 Å². The quantitative estimate of drug-likeness (QED) is 0.716. The number of anilines is 1. The summed E-state index contributed by atoms with van der Waals surface area (Å²) in [7, 11) is 0. The average Bonchev–Trinajstić information content (AvgIpc) is 2.58. The molecule has 0 fully saturated rings. The number of nitrogens with one attached hydrogen (secondary N) is 1. The largest absolute Gasteiger partial charge is 0.492 e. The van der Waals surface area contributed by atoms with Crippen LogP contribution >= 0.6 is 0 Å². The second kappa shape index (κ2) is 9.52. The minimum absolute atomic E-state index is 0.124. The van der Waals surface area contributed by atoms with Crippen LogP contribution < -0.4 is 14.8 Å². The number of carbonyl (C=O) groups excluding carboxylic acids is 1. The van der Waals surface area contributed by atoms with Gasteiger partial charge in [-0.15, -0.1) is 0 Å². The van der Waals surface area contributed by atoms with Crippen LogP contribution in [0.25, 0.3) is 0 Å². The Labute approximate surface area is 140 Å². The van der Waals surface area contributed by atoms with Crippen molar-refractivity contribution >= 4 is 11.6 Å². The maximum Gasteiger partial charge on any atom is 0.250 e. The van der Waals surface area contributed by atoms with E-state index in [1.807, 2.05) is 30.3 Å². The standard InChI is InChI=1S/C18H20FNO4/c1-2-23-17-12-14(19)8-9-16(17)20-18(21)13-22-10-11-24-15-6-4-3-5-7-15/h3-9,12H,2,10-11,13H2,1H3,(H,20,21). The average molecular weight is 333 g/mol. The van der Waals surface area contributed by atoms with Crippen LogP contribution in [0.2, 0.25) is 0 Å². The number of hydrogen-bond donors (Lipinski definition) is 1. The molecule has 0 aliphatic carbocycles. The van der Waals surface area contributed by atoms with Gasteiger partial charge in [0.05, 0.1) is 18.9 Å². The minimum atomic E-state index is -0.425. The molecule has 0 aromatic heterocycles. The Morgan fingerprint density at radius 2 is 1.88 bits per heavy atom. The van der Waals surface area contributed by atoms with Gasteiger partial charge in [-0.05, 0) is 31.2 Å². The molecule has 0 bridgehead atoms. The molecule has 2 rings (SSSR count). The van der Waals surface area contributed by atoms with Crippen molar-refractivity contribution < 1.29 is 23.4 Å². The third-order valence-electron chi connectivity index (χ3n) is 2.99. The summed E-state index contributed by atoms with van der Waals surface area (Å²) in [6, 6.07) is 13.3. The van der Waals surface area contributed by atoms with E-state index in [0.717, 1.165) is 5.75 Å². The summed E-state index contributed by atoms with van der Waals surface area (Å²) >= 11 is 0. The molecule has 0 saturated carbocycles. The summed E-state index contributed by atoms with van der Waals surface area (Å²) in [6.45, 7) is 2.66. The van der Waals surface area contributed by atoms with E-state index in [-0.39, 0.29) is 19.1 Å². The van der Waals surface area contributed by atoms with E-state index in [4.69, 9.17) is 14.2 Å². The molecule has 0 unspecified atom stereocenters. The minimum Gasteiger partial charge on any atom is -0.492 e. The molecule has 6 heteroatoms. The molecule has 0 saturated heterocycles. The number of amides is 1. The van der Waals surface area contributed by atoms with Gasteiger partial charge in [-0.3, -0.25) is 4.79 Å². The lowest BCUT2D eigenvalue weighted by Crippen LogP contribution is -2.20. The van der Waals surface area contributed by atoms with E-state index in [0.29, 0.717) is 24.7 Å². The van der Waals surface area contributed by atoms with E-state index in [1.165, 1.54) is 18.2 Å². The zero-order valence-corrected chi connectivity index (χ0v) is 13.5. The molecule has 1 N–H and O–H groups in total. The summed E-state index contributed by atoms with van der Waals surface area (Å²) in [4.78, 5) is 11.9. The van der Waals surface area contributed by atoms with Crippen LogP contribution in [-0.2, 0) is 9.53 Å². The molecule has 0 aliphatic heterocycles. The summed E-state index contributed by atoms with van der Waals surface area (Å²) in [5.41, 5.74) is 0.410. The van der Waals surface area contributed by atoms with E-state index in [2.05, 4.69) is 5.32 Å². The molecule has 0 spiro atoms. The Balaban J connectivity index is 1.71. The SMILES string of the molecule is CCOc1cc(F)ccc1NC(=O)COCCOc1ccccc1. The number of hydrogen-bond acceptors (Lipinski definition) is 4. The Kier molecular flexibility index (Phi) is 7.04. The van der Waals surface area contributed by atoms with Crippen molar-refractivity contribution in [1.29, 1.82) is 0 Å². The molecule has 0 aliphatic rings. The first-order valence-corrected chi connectivity index (χ1v) is 7.67. The predicted molar refractivity (Wildman–Crippen MR) is 89.0 cm³/mol. The zero-order chi connectivity index (χ0) is 17.2. The Morgan fingerprint density at radius 3 is 2.62 bits per heavy atom. The highest BCUT2D eigenvalue weighted by molar-refractivity contribution is 5.93. The van der Waals surface area contributed by atoms with Gasteiger partial charge in [-0.2, -0.15) is 0 Å². The van der Waals surface area contributed by atoms with Crippen molar-refractivity contribution in [3.63, 3.8) is 0 Å². The first-order chi connectivity index (χ1) is 11.7. The van der Waals surface area contributed by atoms with Gasteiger partial charge in [-0.25, -0.2) is 4.39 Å². The third kappa shape index (κ3) is 5.89. The zero-order valence-electron chi connectivity index (χ0n) is 13.5. The fourth-order valence-electron chi connectivity index (χ4n) is 1.96. The number of para-hydroxylation sites is 1. The van der Waals surface area contributed by atoms with Crippen LogP contribution in [0.5, 0.6) is 11.5 Å². The predicted octanol–water partition coefficient (Wildman–Crippen LogP) is 3.26. The highest BCUT2D eigenvalue weighted by Gasteiger charge is 2.09. The molecule has 128 valence electrons. The van der Waals surface area contributed by atoms with Crippen molar-refractivity contribution in [3.05, 3.63) is 54.3 Å². The molecule has 2 aromatic rings. The van der Waals surface area contributed by atoms with Gasteiger partial charge >= 0.3 is 0 Å². The number of halogens is 1. The van der Waals surface area contributed by atoms with Crippen LogP contribution in [0.4, 0.5) is 10.1 Å². The Morgan fingerprint density at radius 1 is 1.08 bits per heavy atom. The summed E-state index contributed by atoms with van der Waals surface area (Å²) < 4.78 is 29.2. The first kappa shape index (κ1) is 17.7. The fraction of sp³-hybridized carbons (Fsp3) is 0.278. The normalized spacial score (nSPS) is 10.2. The van der Waals surface area contributed by atoms with Gasteiger partial charge in [0, 0.05) is 6.07 Å². The van der Waals surface area contributed by atoms with Gasteiger partial charge in [-0.1, -0.05) is 18.2 Å². The number of ether oxygens (including phenoxy) is 3. The van der Waals surface area contributed by atoms with Crippen molar-refractivity contribution in [2.24, 2.45) is 0 Å². The molecule has 0 radical (unpaired) electrons. The Hall–Kier alpha value is -2.60. The lowest BCUT2D eigenvalue weighted by molar-refractivity contribution is -0.120. The van der Waals surface area contributed by atoms with Gasteiger partial charge in [0.25, 0.3) is 0 Å². The Bertz CT molecular complexity index is 649. The second-order valence-electron chi connectivity index (χ2n) is 4.84. The van der Waals surface area contributed by atoms with Crippen LogP contribution in [0.15, 0.2) is 48.5 Å². The van der Waals surface area contributed by atoms with Crippen LogP contribution in [0.1, 0.15) is 6.92 Å². The van der Waals surface area contributed by atoms with Gasteiger partial charge in [0.2, 0.25) is 5.91 Å². The van der Waals surface area contributed by atoms with E-state index in [9.17, 15) is 9.18 Å². The lowest BCUT2D eigenvalue weighted by atomic mass is 10.3. The van der Waals surface area contributed by atoms with Crippen molar-refractivity contribution in [3.8, 4) is 11.5 Å². The van der Waals surface area contributed by atoms with Gasteiger partial charge in [0.1, 0.15) is 30.5 Å². The van der Waals surface area contributed by atoms with E-state index in [1.54, 1.807) is 6.92 Å². The van der Waals surface area contributed by atoms with Gasteiger partial charge in [0.15, 0.2) is 0 Å². The molecule has 0 heterocycles. The van der Waals surface area contributed by atoms with Crippen LogP contribution in [-0.4, -0.2) is 32.3 Å². The summed E-state index contributed by atoms with van der Waals surface area (Å²) in [5.74, 6) is 0.268. The van der Waals surface area contributed by atoms with Crippen molar-refractivity contribution in [1.82, 2.24) is 0 Å². The highest BCUT2D eigenvalue weighted by atomic mass is 19.1. The van der Waals surface area contributed by atoms with Gasteiger partial charge < -0.3 is 19.5 Å². The molecule has 5 nitrogen and oxygen atoms in total. The second-order valence-corrected chi connectivity index (χ2v) is 4.84. The smallest absolute Gasteiger partial charge is 0.250 e. The van der Waals surface area contributed by atoms with Crippen molar-refractivity contribution in [2.45, 2.75) is 6.92 Å². The van der Waals surface area contributed by atoms with Crippen LogP contribution in [0.3, 0.4) is 0 Å². The highest BCUT2D eigenvalue weighted by Crippen LogP contribution is 2.25. The van der Waals surface area contributed by atoms with Crippen LogP contribution in [0, 0.1) is 5.82 Å². The molecule has 1 amide bonds. The van der Waals surface area contributed by atoms with E-state index >= 15 is 0 Å².